The fraction of sp³-hybridized carbons (Fsp3) is 1.00. The SMILES string of the molecule is CCN1C[C@H]2CNC[C@]2(C)C1. The van der Waals surface area contributed by atoms with Crippen molar-refractivity contribution in [2.45, 2.75) is 13.8 Å². The quantitative estimate of drug-likeness (QED) is 0.593. The molecule has 11 heavy (non-hydrogen) atoms. The molecule has 2 rings (SSSR count). The van der Waals surface area contributed by atoms with E-state index < -0.39 is 0 Å². The summed E-state index contributed by atoms with van der Waals surface area (Å²) in [6, 6.07) is 0. The lowest BCUT2D eigenvalue weighted by atomic mass is 9.83. The van der Waals surface area contributed by atoms with Crippen LogP contribution in [0.1, 0.15) is 13.8 Å². The number of hydrogen-bond acceptors (Lipinski definition) is 2. The van der Waals surface area contributed by atoms with Gasteiger partial charge in [-0.2, -0.15) is 0 Å². The van der Waals surface area contributed by atoms with Crippen molar-refractivity contribution in [2.24, 2.45) is 11.3 Å². The van der Waals surface area contributed by atoms with Gasteiger partial charge in [0, 0.05) is 19.6 Å². The van der Waals surface area contributed by atoms with E-state index in [1.54, 1.807) is 0 Å². The second kappa shape index (κ2) is 2.46. The van der Waals surface area contributed by atoms with E-state index in [4.69, 9.17) is 0 Å². The topological polar surface area (TPSA) is 15.3 Å². The molecule has 0 bridgehead atoms. The van der Waals surface area contributed by atoms with Crippen LogP contribution >= 0.6 is 0 Å². The Morgan fingerprint density at radius 2 is 2.45 bits per heavy atom. The van der Waals surface area contributed by atoms with Crippen LogP contribution in [-0.2, 0) is 0 Å². The monoisotopic (exact) mass is 154 g/mol. The normalized spacial score (nSPS) is 44.7. The molecule has 0 aromatic rings. The Kier molecular flexibility index (Phi) is 1.69. The molecule has 1 N–H and O–H groups in total. The maximum absolute atomic E-state index is 3.48. The minimum atomic E-state index is 0.593. The summed E-state index contributed by atoms with van der Waals surface area (Å²) >= 11 is 0. The van der Waals surface area contributed by atoms with Crippen LogP contribution in [0, 0.1) is 11.3 Å². The molecule has 2 nitrogen and oxygen atoms in total. The maximum Gasteiger partial charge on any atom is 0.00511 e. The Morgan fingerprint density at radius 3 is 3.09 bits per heavy atom. The largest absolute Gasteiger partial charge is 0.316 e. The van der Waals surface area contributed by atoms with Gasteiger partial charge in [0.15, 0.2) is 0 Å². The van der Waals surface area contributed by atoms with Crippen LogP contribution in [0.3, 0.4) is 0 Å². The molecule has 64 valence electrons. The molecular formula is C9H18N2. The van der Waals surface area contributed by atoms with Crippen molar-refractivity contribution < 1.29 is 0 Å². The molecule has 2 heteroatoms. The minimum Gasteiger partial charge on any atom is -0.316 e. The molecule has 2 saturated heterocycles. The van der Waals surface area contributed by atoms with Gasteiger partial charge in [0.2, 0.25) is 0 Å². The molecule has 0 unspecified atom stereocenters. The molecule has 2 heterocycles. The second-order valence-electron chi connectivity index (χ2n) is 4.31. The number of fused-ring (bicyclic) bond motifs is 1. The highest BCUT2D eigenvalue weighted by Gasteiger charge is 2.45. The van der Waals surface area contributed by atoms with Crippen LogP contribution in [0.5, 0.6) is 0 Å². The first-order valence-electron chi connectivity index (χ1n) is 4.68. The number of hydrogen-bond donors (Lipinski definition) is 1. The second-order valence-corrected chi connectivity index (χ2v) is 4.31. The van der Waals surface area contributed by atoms with Gasteiger partial charge in [-0.15, -0.1) is 0 Å². The molecule has 0 saturated carbocycles. The zero-order valence-corrected chi connectivity index (χ0v) is 7.56. The third-order valence-corrected chi connectivity index (χ3v) is 3.42. The molecule has 0 aliphatic carbocycles. The summed E-state index contributed by atoms with van der Waals surface area (Å²) in [6.45, 7) is 11.0. The van der Waals surface area contributed by atoms with E-state index in [1.807, 2.05) is 0 Å². The van der Waals surface area contributed by atoms with Crippen LogP contribution in [0.2, 0.25) is 0 Å². The van der Waals surface area contributed by atoms with Crippen molar-refractivity contribution >= 4 is 0 Å². The predicted octanol–water partition coefficient (Wildman–Crippen LogP) is 0.548. The molecule has 2 atom stereocenters. The zero-order chi connectivity index (χ0) is 7.90. The van der Waals surface area contributed by atoms with Gasteiger partial charge in [0.1, 0.15) is 0 Å². The first kappa shape index (κ1) is 7.56. The third-order valence-electron chi connectivity index (χ3n) is 3.42. The number of nitrogens with one attached hydrogen (secondary N) is 1. The van der Waals surface area contributed by atoms with E-state index in [0.717, 1.165) is 5.92 Å². The molecule has 0 radical (unpaired) electrons. The van der Waals surface area contributed by atoms with Gasteiger partial charge >= 0.3 is 0 Å². The zero-order valence-electron chi connectivity index (χ0n) is 7.56. The summed E-state index contributed by atoms with van der Waals surface area (Å²) in [5.41, 5.74) is 0.593. The van der Waals surface area contributed by atoms with Gasteiger partial charge in [0.05, 0.1) is 0 Å². The predicted molar refractivity (Wildman–Crippen MR) is 46.6 cm³/mol. The van der Waals surface area contributed by atoms with Gasteiger partial charge in [0.25, 0.3) is 0 Å². The average molecular weight is 154 g/mol. The van der Waals surface area contributed by atoms with Gasteiger partial charge < -0.3 is 10.2 Å². The molecule has 0 spiro atoms. The van der Waals surface area contributed by atoms with Gasteiger partial charge in [-0.05, 0) is 24.4 Å². The Morgan fingerprint density at radius 1 is 1.64 bits per heavy atom. The Bertz CT molecular complexity index is 158. The molecule has 0 aromatic heterocycles. The number of nitrogens with zero attached hydrogens (tertiary/aromatic N) is 1. The van der Waals surface area contributed by atoms with E-state index in [0.29, 0.717) is 5.41 Å². The summed E-state index contributed by atoms with van der Waals surface area (Å²) in [7, 11) is 0. The minimum absolute atomic E-state index is 0.593. The van der Waals surface area contributed by atoms with Crippen LogP contribution in [-0.4, -0.2) is 37.6 Å². The van der Waals surface area contributed by atoms with E-state index in [1.165, 1.54) is 32.7 Å². The molecule has 2 aliphatic heterocycles. The first-order chi connectivity index (χ1) is 5.24. The van der Waals surface area contributed by atoms with E-state index >= 15 is 0 Å². The van der Waals surface area contributed by atoms with Crippen molar-refractivity contribution in [1.29, 1.82) is 0 Å². The van der Waals surface area contributed by atoms with E-state index in [2.05, 4.69) is 24.1 Å². The fourth-order valence-corrected chi connectivity index (χ4v) is 2.52. The van der Waals surface area contributed by atoms with Crippen molar-refractivity contribution in [2.75, 3.05) is 32.7 Å². The fourth-order valence-electron chi connectivity index (χ4n) is 2.52. The molecular weight excluding hydrogens is 136 g/mol. The maximum atomic E-state index is 3.48. The van der Waals surface area contributed by atoms with E-state index in [-0.39, 0.29) is 0 Å². The number of likely N-dealkylation sites (tertiary alicyclic amines) is 1. The average Bonchev–Trinajstić information content (AvgIpc) is 2.42. The van der Waals surface area contributed by atoms with Gasteiger partial charge in [-0.1, -0.05) is 13.8 Å². The highest BCUT2D eigenvalue weighted by molar-refractivity contribution is 4.99. The van der Waals surface area contributed by atoms with Crippen LogP contribution in [0.4, 0.5) is 0 Å². The standard InChI is InChI=1S/C9H18N2/c1-3-11-5-8-4-10-6-9(8,2)7-11/h8,10H,3-7H2,1-2H3/t8-,9-/m1/s1. The lowest BCUT2D eigenvalue weighted by Crippen LogP contribution is -2.29. The Labute approximate surface area is 69.0 Å². The lowest BCUT2D eigenvalue weighted by Gasteiger charge is -2.21. The third kappa shape index (κ3) is 1.09. The molecule has 2 fully saturated rings. The van der Waals surface area contributed by atoms with Gasteiger partial charge in [-0.3, -0.25) is 0 Å². The number of rotatable bonds is 1. The molecule has 0 aromatic carbocycles. The molecule has 2 aliphatic rings. The summed E-state index contributed by atoms with van der Waals surface area (Å²) in [4.78, 5) is 2.57. The van der Waals surface area contributed by atoms with E-state index in [9.17, 15) is 0 Å². The Hall–Kier alpha value is -0.0800. The summed E-state index contributed by atoms with van der Waals surface area (Å²) in [6.07, 6.45) is 0. The highest BCUT2D eigenvalue weighted by atomic mass is 15.2. The van der Waals surface area contributed by atoms with Crippen LogP contribution in [0.25, 0.3) is 0 Å². The smallest absolute Gasteiger partial charge is 0.00511 e. The lowest BCUT2D eigenvalue weighted by molar-refractivity contribution is 0.288. The van der Waals surface area contributed by atoms with Crippen molar-refractivity contribution in [3.05, 3.63) is 0 Å². The van der Waals surface area contributed by atoms with Crippen LogP contribution in [0.15, 0.2) is 0 Å². The van der Waals surface area contributed by atoms with Crippen molar-refractivity contribution in [3.63, 3.8) is 0 Å². The summed E-state index contributed by atoms with van der Waals surface area (Å²) < 4.78 is 0. The van der Waals surface area contributed by atoms with Crippen molar-refractivity contribution in [1.82, 2.24) is 10.2 Å². The summed E-state index contributed by atoms with van der Waals surface area (Å²) in [5, 5.41) is 3.48. The molecule has 0 amide bonds. The highest BCUT2D eigenvalue weighted by Crippen LogP contribution is 2.37. The first-order valence-corrected chi connectivity index (χ1v) is 4.68. The Balaban J connectivity index is 2.06. The van der Waals surface area contributed by atoms with Crippen molar-refractivity contribution in [3.8, 4) is 0 Å². The van der Waals surface area contributed by atoms with Crippen LogP contribution < -0.4 is 5.32 Å². The van der Waals surface area contributed by atoms with Gasteiger partial charge in [-0.25, -0.2) is 0 Å². The summed E-state index contributed by atoms with van der Waals surface area (Å²) in [5.74, 6) is 0.919.